The van der Waals surface area contributed by atoms with Crippen LogP contribution in [0.5, 0.6) is 0 Å². The minimum atomic E-state index is -0.502. The number of esters is 1. The number of thioether (sulfide) groups is 1. The molecule has 6 nitrogen and oxygen atoms in total. The first-order chi connectivity index (χ1) is 13.6. The molecule has 1 aliphatic heterocycles. The largest absolute Gasteiger partial charge is 0.465 e. The molecule has 0 fully saturated rings. The number of anilines is 1. The number of carbonyl (C=O) groups is 3. The lowest BCUT2D eigenvalue weighted by atomic mass is 10.1. The van der Waals surface area contributed by atoms with E-state index in [9.17, 15) is 14.4 Å². The Balaban J connectivity index is 1.77. The van der Waals surface area contributed by atoms with E-state index in [1.165, 1.54) is 4.90 Å². The Morgan fingerprint density at radius 3 is 2.61 bits per heavy atom. The Morgan fingerprint density at radius 1 is 1.14 bits per heavy atom. The molecule has 1 N–H and O–H groups in total. The zero-order valence-corrected chi connectivity index (χ0v) is 16.4. The minimum Gasteiger partial charge on any atom is -0.465 e. The molecule has 1 unspecified atom stereocenters. The zero-order chi connectivity index (χ0) is 19.9. The molecule has 2 amide bonds. The fourth-order valence-electron chi connectivity index (χ4n) is 2.99. The van der Waals surface area contributed by atoms with Crippen LogP contribution in [-0.4, -0.2) is 37.5 Å². The lowest BCUT2D eigenvalue weighted by Crippen LogP contribution is -2.42. The smallest absolute Gasteiger partial charge is 0.325 e. The van der Waals surface area contributed by atoms with Crippen LogP contribution in [0.25, 0.3) is 0 Å². The van der Waals surface area contributed by atoms with Gasteiger partial charge in [0.2, 0.25) is 11.8 Å². The maximum atomic E-state index is 13.0. The first-order valence-corrected chi connectivity index (χ1v) is 9.99. The van der Waals surface area contributed by atoms with Crippen LogP contribution >= 0.6 is 11.8 Å². The van der Waals surface area contributed by atoms with Crippen molar-refractivity contribution in [2.45, 2.75) is 23.5 Å². The van der Waals surface area contributed by atoms with Crippen molar-refractivity contribution in [2.75, 3.05) is 24.6 Å². The molecule has 146 valence electrons. The maximum Gasteiger partial charge on any atom is 0.325 e. The van der Waals surface area contributed by atoms with Gasteiger partial charge in [-0.15, -0.1) is 11.8 Å². The van der Waals surface area contributed by atoms with Gasteiger partial charge in [-0.1, -0.05) is 42.5 Å². The summed E-state index contributed by atoms with van der Waals surface area (Å²) in [6.07, 6.45) is 0.286. The van der Waals surface area contributed by atoms with Crippen molar-refractivity contribution < 1.29 is 19.1 Å². The van der Waals surface area contributed by atoms with Crippen molar-refractivity contribution in [3.8, 4) is 0 Å². The Hall–Kier alpha value is -2.80. The fourth-order valence-corrected chi connectivity index (χ4v) is 4.27. The molecule has 0 saturated heterocycles. The summed E-state index contributed by atoms with van der Waals surface area (Å²) in [7, 11) is 0. The van der Waals surface area contributed by atoms with E-state index in [0.29, 0.717) is 5.69 Å². The summed E-state index contributed by atoms with van der Waals surface area (Å²) >= 11 is 1.62. The van der Waals surface area contributed by atoms with Gasteiger partial charge in [0.1, 0.15) is 13.1 Å². The van der Waals surface area contributed by atoms with Crippen molar-refractivity contribution >= 4 is 35.2 Å². The number of hydrogen-bond donors (Lipinski definition) is 1. The molecule has 1 atom stereocenters. The highest BCUT2D eigenvalue weighted by Gasteiger charge is 2.30. The van der Waals surface area contributed by atoms with Gasteiger partial charge >= 0.3 is 5.97 Å². The normalized spacial score (nSPS) is 16.1. The van der Waals surface area contributed by atoms with Gasteiger partial charge in [-0.3, -0.25) is 14.4 Å². The van der Waals surface area contributed by atoms with E-state index in [2.05, 4.69) is 5.32 Å². The second-order valence-electron chi connectivity index (χ2n) is 6.25. The number of amides is 2. The van der Waals surface area contributed by atoms with Gasteiger partial charge in [0.15, 0.2) is 0 Å². The average Bonchev–Trinajstić information content (AvgIpc) is 2.84. The van der Waals surface area contributed by atoms with E-state index in [0.717, 1.165) is 10.5 Å². The van der Waals surface area contributed by atoms with Gasteiger partial charge < -0.3 is 15.0 Å². The quantitative estimate of drug-likeness (QED) is 0.757. The maximum absolute atomic E-state index is 13.0. The third kappa shape index (κ3) is 4.92. The zero-order valence-electron chi connectivity index (χ0n) is 15.6. The standard InChI is InChI=1S/C21H22N2O4S/c1-2-27-21(26)13-22-19(24)14-23-16-10-6-7-11-17(16)28-18(12-20(23)25)15-8-4-3-5-9-15/h3-11,18H,2,12-14H2,1H3,(H,22,24). The molecular formula is C21H22N2O4S. The van der Waals surface area contributed by atoms with E-state index < -0.39 is 11.9 Å². The molecule has 7 heteroatoms. The van der Waals surface area contributed by atoms with Crippen molar-refractivity contribution in [3.05, 3.63) is 60.2 Å². The minimum absolute atomic E-state index is 0.0255. The summed E-state index contributed by atoms with van der Waals surface area (Å²) in [5.74, 6) is -1.03. The van der Waals surface area contributed by atoms with Crippen LogP contribution in [0, 0.1) is 0 Å². The monoisotopic (exact) mass is 398 g/mol. The first-order valence-electron chi connectivity index (χ1n) is 9.11. The molecule has 28 heavy (non-hydrogen) atoms. The van der Waals surface area contributed by atoms with Crippen LogP contribution in [-0.2, 0) is 19.1 Å². The SMILES string of the molecule is CCOC(=O)CNC(=O)CN1C(=O)CC(c2ccccc2)Sc2ccccc21. The van der Waals surface area contributed by atoms with Gasteiger partial charge in [0.05, 0.1) is 12.3 Å². The number of carbonyl (C=O) groups excluding carboxylic acids is 3. The van der Waals surface area contributed by atoms with Gasteiger partial charge in [0.25, 0.3) is 0 Å². The fraction of sp³-hybridized carbons (Fsp3) is 0.286. The molecule has 0 spiro atoms. The van der Waals surface area contributed by atoms with Crippen LogP contribution in [0.15, 0.2) is 59.5 Å². The lowest BCUT2D eigenvalue weighted by molar-refractivity contribution is -0.143. The molecule has 0 aliphatic carbocycles. The van der Waals surface area contributed by atoms with Crippen LogP contribution in [0.2, 0.25) is 0 Å². The number of ether oxygens (including phenoxy) is 1. The van der Waals surface area contributed by atoms with Crippen molar-refractivity contribution in [1.29, 1.82) is 0 Å². The Labute approximate surface area is 168 Å². The number of hydrogen-bond acceptors (Lipinski definition) is 5. The van der Waals surface area contributed by atoms with Gasteiger partial charge in [-0.05, 0) is 24.6 Å². The molecule has 2 aromatic rings. The molecule has 1 aliphatic rings. The van der Waals surface area contributed by atoms with Crippen molar-refractivity contribution in [2.24, 2.45) is 0 Å². The first kappa shape index (κ1) is 19.9. The molecule has 0 bridgehead atoms. The summed E-state index contributed by atoms with van der Waals surface area (Å²) in [4.78, 5) is 39.2. The summed E-state index contributed by atoms with van der Waals surface area (Å²) < 4.78 is 4.81. The van der Waals surface area contributed by atoms with Crippen LogP contribution in [0.3, 0.4) is 0 Å². The van der Waals surface area contributed by atoms with E-state index in [1.54, 1.807) is 18.7 Å². The van der Waals surface area contributed by atoms with Gasteiger partial charge in [0, 0.05) is 16.6 Å². The number of nitrogens with one attached hydrogen (secondary N) is 1. The third-order valence-electron chi connectivity index (χ3n) is 4.29. The molecular weight excluding hydrogens is 376 g/mol. The number of benzene rings is 2. The topological polar surface area (TPSA) is 75.7 Å². The summed E-state index contributed by atoms with van der Waals surface area (Å²) in [5.41, 5.74) is 1.78. The molecule has 2 aromatic carbocycles. The highest BCUT2D eigenvalue weighted by Crippen LogP contribution is 2.45. The second-order valence-corrected chi connectivity index (χ2v) is 7.50. The molecule has 0 radical (unpaired) electrons. The summed E-state index contributed by atoms with van der Waals surface area (Å²) in [5, 5.41) is 2.49. The molecule has 0 aromatic heterocycles. The Kier molecular flexibility index (Phi) is 6.71. The predicted molar refractivity (Wildman–Crippen MR) is 108 cm³/mol. The van der Waals surface area contributed by atoms with E-state index in [4.69, 9.17) is 4.74 Å². The Bertz CT molecular complexity index is 856. The highest BCUT2D eigenvalue weighted by atomic mass is 32.2. The summed E-state index contributed by atoms with van der Waals surface area (Å²) in [6.45, 7) is 1.60. The molecule has 1 heterocycles. The highest BCUT2D eigenvalue weighted by molar-refractivity contribution is 7.99. The number of para-hydroxylation sites is 1. The lowest BCUT2D eigenvalue weighted by Gasteiger charge is -2.22. The second kappa shape index (κ2) is 9.41. The number of nitrogens with zero attached hydrogens (tertiary/aromatic N) is 1. The van der Waals surface area contributed by atoms with Crippen LogP contribution in [0.1, 0.15) is 24.2 Å². The van der Waals surface area contributed by atoms with Crippen LogP contribution in [0.4, 0.5) is 5.69 Å². The molecule has 3 rings (SSSR count). The van der Waals surface area contributed by atoms with Crippen molar-refractivity contribution in [3.63, 3.8) is 0 Å². The van der Waals surface area contributed by atoms with E-state index in [-0.39, 0.29) is 37.3 Å². The number of fused-ring (bicyclic) bond motifs is 1. The van der Waals surface area contributed by atoms with E-state index >= 15 is 0 Å². The average molecular weight is 398 g/mol. The predicted octanol–water partition coefficient (Wildman–Crippen LogP) is 2.94. The molecule has 0 saturated carbocycles. The number of rotatable bonds is 6. The van der Waals surface area contributed by atoms with Crippen molar-refractivity contribution in [1.82, 2.24) is 5.32 Å². The van der Waals surface area contributed by atoms with Gasteiger partial charge in [-0.2, -0.15) is 0 Å². The van der Waals surface area contributed by atoms with Gasteiger partial charge in [-0.25, -0.2) is 0 Å². The Morgan fingerprint density at radius 2 is 1.86 bits per heavy atom. The van der Waals surface area contributed by atoms with Crippen LogP contribution < -0.4 is 10.2 Å². The van der Waals surface area contributed by atoms with E-state index in [1.807, 2.05) is 54.6 Å². The third-order valence-corrected chi connectivity index (χ3v) is 5.62. The summed E-state index contributed by atoms with van der Waals surface area (Å²) in [6, 6.07) is 17.4.